The smallest absolute Gasteiger partial charge is 0.0441 e. The highest BCUT2D eigenvalue weighted by atomic mass is 35.5. The van der Waals surface area contributed by atoms with Gasteiger partial charge in [0.2, 0.25) is 0 Å². The van der Waals surface area contributed by atoms with E-state index in [-0.39, 0.29) is 0 Å². The number of halogens is 1. The van der Waals surface area contributed by atoms with E-state index in [0.717, 1.165) is 24.0 Å². The maximum Gasteiger partial charge on any atom is 0.0441 e. The number of hydrogen-bond donors (Lipinski definition) is 1. The Bertz CT molecular complexity index is 510. The van der Waals surface area contributed by atoms with Crippen molar-refractivity contribution in [2.75, 3.05) is 13.1 Å². The third kappa shape index (κ3) is 3.00. The molecule has 1 saturated carbocycles. The molecular weight excluding hydrogens is 278 g/mol. The van der Waals surface area contributed by atoms with Crippen LogP contribution in [0.3, 0.4) is 0 Å². The minimum atomic E-state index is 0.428. The van der Waals surface area contributed by atoms with E-state index < -0.39 is 0 Å². The summed E-state index contributed by atoms with van der Waals surface area (Å²) in [6.45, 7) is 9.58. The van der Waals surface area contributed by atoms with Gasteiger partial charge in [-0.05, 0) is 60.6 Å². The molecule has 1 aliphatic carbocycles. The van der Waals surface area contributed by atoms with E-state index in [2.05, 4.69) is 44.3 Å². The first-order valence-corrected chi connectivity index (χ1v) is 8.75. The summed E-state index contributed by atoms with van der Waals surface area (Å²) in [7, 11) is 0. The molecule has 1 nitrogen and oxygen atoms in total. The lowest BCUT2D eigenvalue weighted by Crippen LogP contribution is -2.49. The van der Waals surface area contributed by atoms with Gasteiger partial charge in [0, 0.05) is 17.5 Å². The number of hydrogen-bond acceptors (Lipinski definition) is 1. The van der Waals surface area contributed by atoms with E-state index in [1.165, 1.54) is 31.2 Å². The number of piperidine rings is 1. The van der Waals surface area contributed by atoms with Crippen LogP contribution in [0.4, 0.5) is 0 Å². The molecule has 21 heavy (non-hydrogen) atoms. The van der Waals surface area contributed by atoms with E-state index in [1.807, 2.05) is 6.07 Å². The molecule has 2 heteroatoms. The van der Waals surface area contributed by atoms with Crippen LogP contribution < -0.4 is 5.32 Å². The van der Waals surface area contributed by atoms with Crippen molar-refractivity contribution >= 4 is 11.6 Å². The predicted octanol–water partition coefficient (Wildman–Crippen LogP) is 5.25. The fourth-order valence-corrected chi connectivity index (χ4v) is 5.70. The van der Waals surface area contributed by atoms with Gasteiger partial charge in [-0.25, -0.2) is 0 Å². The molecule has 1 saturated heterocycles. The Morgan fingerprint density at radius 3 is 2.67 bits per heavy atom. The van der Waals surface area contributed by atoms with Crippen LogP contribution in [0.25, 0.3) is 0 Å². The Labute approximate surface area is 134 Å². The zero-order chi connectivity index (χ0) is 15.1. The highest BCUT2D eigenvalue weighted by molar-refractivity contribution is 6.31. The Morgan fingerprint density at radius 1 is 1.19 bits per heavy atom. The lowest BCUT2D eigenvalue weighted by atomic mass is 9.53. The van der Waals surface area contributed by atoms with Crippen LogP contribution in [0.2, 0.25) is 5.02 Å². The van der Waals surface area contributed by atoms with Gasteiger partial charge < -0.3 is 5.32 Å². The van der Waals surface area contributed by atoms with Crippen LogP contribution >= 0.6 is 11.6 Å². The molecule has 0 amide bonds. The highest BCUT2D eigenvalue weighted by Crippen LogP contribution is 2.58. The second-order valence-electron chi connectivity index (χ2n) is 8.25. The summed E-state index contributed by atoms with van der Waals surface area (Å²) in [5, 5.41) is 4.56. The van der Waals surface area contributed by atoms with Gasteiger partial charge in [0.25, 0.3) is 0 Å². The van der Waals surface area contributed by atoms with Gasteiger partial charge >= 0.3 is 0 Å². The molecule has 1 aromatic carbocycles. The fraction of sp³-hybridized carbons (Fsp3) is 0.684. The highest BCUT2D eigenvalue weighted by Gasteiger charge is 2.49. The van der Waals surface area contributed by atoms with Crippen molar-refractivity contribution in [2.24, 2.45) is 16.7 Å². The monoisotopic (exact) mass is 305 g/mol. The molecule has 2 aliphatic rings. The average Bonchev–Trinajstić information content (AvgIpc) is 2.37. The minimum absolute atomic E-state index is 0.428. The molecule has 0 bridgehead atoms. The van der Waals surface area contributed by atoms with Crippen molar-refractivity contribution in [3.8, 4) is 0 Å². The predicted molar refractivity (Wildman–Crippen MR) is 90.9 cm³/mol. The van der Waals surface area contributed by atoms with Crippen LogP contribution in [0, 0.1) is 16.7 Å². The minimum Gasteiger partial charge on any atom is -0.316 e. The maximum atomic E-state index is 6.54. The van der Waals surface area contributed by atoms with Crippen LogP contribution in [0.15, 0.2) is 24.3 Å². The molecule has 3 atom stereocenters. The summed E-state index contributed by atoms with van der Waals surface area (Å²) >= 11 is 6.54. The van der Waals surface area contributed by atoms with Crippen molar-refractivity contribution in [2.45, 2.75) is 52.4 Å². The SMILES string of the molecule is CC1CC(C)(C)CC2(CCNCC2c2ccccc2Cl)C1. The number of benzene rings is 1. The second-order valence-corrected chi connectivity index (χ2v) is 8.65. The molecule has 3 rings (SSSR count). The largest absolute Gasteiger partial charge is 0.316 e. The molecule has 0 aromatic heterocycles. The van der Waals surface area contributed by atoms with E-state index in [4.69, 9.17) is 11.6 Å². The summed E-state index contributed by atoms with van der Waals surface area (Å²) < 4.78 is 0. The molecule has 0 radical (unpaired) electrons. The first-order valence-electron chi connectivity index (χ1n) is 8.37. The molecular formula is C19H28ClN. The fourth-order valence-electron chi connectivity index (χ4n) is 5.43. The summed E-state index contributed by atoms with van der Waals surface area (Å²) in [5.74, 6) is 1.37. The van der Waals surface area contributed by atoms with Gasteiger partial charge in [-0.15, -0.1) is 0 Å². The van der Waals surface area contributed by atoms with E-state index in [0.29, 0.717) is 16.7 Å². The number of rotatable bonds is 1. The van der Waals surface area contributed by atoms with Gasteiger partial charge in [0.05, 0.1) is 0 Å². The van der Waals surface area contributed by atoms with E-state index >= 15 is 0 Å². The lowest BCUT2D eigenvalue weighted by Gasteiger charge is -2.54. The molecule has 2 fully saturated rings. The third-order valence-corrected chi connectivity index (χ3v) is 6.00. The first-order chi connectivity index (χ1) is 9.92. The second kappa shape index (κ2) is 5.59. The topological polar surface area (TPSA) is 12.0 Å². The summed E-state index contributed by atoms with van der Waals surface area (Å²) in [6, 6.07) is 8.48. The van der Waals surface area contributed by atoms with Gasteiger partial charge in [-0.1, -0.05) is 50.6 Å². The molecule has 1 aromatic rings. The quantitative estimate of drug-likeness (QED) is 0.747. The Morgan fingerprint density at radius 2 is 1.95 bits per heavy atom. The van der Waals surface area contributed by atoms with Gasteiger partial charge in [0.1, 0.15) is 0 Å². The van der Waals surface area contributed by atoms with Crippen molar-refractivity contribution < 1.29 is 0 Å². The zero-order valence-corrected chi connectivity index (χ0v) is 14.3. The van der Waals surface area contributed by atoms with Crippen molar-refractivity contribution in [3.63, 3.8) is 0 Å². The van der Waals surface area contributed by atoms with E-state index in [9.17, 15) is 0 Å². The van der Waals surface area contributed by atoms with Crippen molar-refractivity contribution in [1.82, 2.24) is 5.32 Å². The van der Waals surface area contributed by atoms with Gasteiger partial charge in [-0.2, -0.15) is 0 Å². The molecule has 1 N–H and O–H groups in total. The van der Waals surface area contributed by atoms with Gasteiger partial charge in [0.15, 0.2) is 0 Å². The van der Waals surface area contributed by atoms with E-state index in [1.54, 1.807) is 0 Å². The van der Waals surface area contributed by atoms with Crippen LogP contribution in [-0.2, 0) is 0 Å². The van der Waals surface area contributed by atoms with Crippen molar-refractivity contribution in [1.29, 1.82) is 0 Å². The van der Waals surface area contributed by atoms with Crippen LogP contribution in [0.1, 0.15) is 57.9 Å². The number of nitrogens with one attached hydrogen (secondary N) is 1. The van der Waals surface area contributed by atoms with Crippen LogP contribution in [0.5, 0.6) is 0 Å². The standard InChI is InChI=1S/C19H28ClN/c1-14-10-18(2,3)13-19(11-14)8-9-21-12-16(19)15-6-4-5-7-17(15)20/h4-7,14,16,21H,8-13H2,1-3H3. The molecule has 1 spiro atoms. The Kier molecular flexibility index (Phi) is 4.09. The van der Waals surface area contributed by atoms with Gasteiger partial charge in [-0.3, -0.25) is 0 Å². The van der Waals surface area contributed by atoms with Crippen LogP contribution in [-0.4, -0.2) is 13.1 Å². The Balaban J connectivity index is 2.00. The molecule has 3 unspecified atom stereocenters. The summed E-state index contributed by atoms with van der Waals surface area (Å²) in [6.07, 6.45) is 5.34. The molecule has 1 aliphatic heterocycles. The third-order valence-electron chi connectivity index (χ3n) is 5.65. The Hall–Kier alpha value is -0.530. The molecule has 1 heterocycles. The lowest BCUT2D eigenvalue weighted by molar-refractivity contribution is 0.00504. The summed E-state index contributed by atoms with van der Waals surface area (Å²) in [5.41, 5.74) is 2.24. The summed E-state index contributed by atoms with van der Waals surface area (Å²) in [4.78, 5) is 0. The van der Waals surface area contributed by atoms with Crippen molar-refractivity contribution in [3.05, 3.63) is 34.9 Å². The average molecular weight is 306 g/mol. The zero-order valence-electron chi connectivity index (χ0n) is 13.6. The normalized spacial score (nSPS) is 35.8. The first kappa shape index (κ1) is 15.4. The maximum absolute atomic E-state index is 6.54. The molecule has 116 valence electrons.